The second kappa shape index (κ2) is 9.35. The molecule has 184 valence electrons. The highest BCUT2D eigenvalue weighted by Gasteiger charge is 2.35. The maximum atomic E-state index is 13.2. The van der Waals surface area contributed by atoms with Crippen LogP contribution in [0, 0.1) is 11.8 Å². The molecule has 0 amide bonds. The molecule has 0 saturated carbocycles. The highest BCUT2D eigenvalue weighted by atomic mass is 32.1. The fourth-order valence-corrected chi connectivity index (χ4v) is 4.32. The number of hydrogen-bond donors (Lipinski definition) is 0. The summed E-state index contributed by atoms with van der Waals surface area (Å²) in [5.41, 5.74) is -2.89. The summed E-state index contributed by atoms with van der Waals surface area (Å²) in [6, 6.07) is 11.2. The van der Waals surface area contributed by atoms with E-state index in [4.69, 9.17) is 4.74 Å². The Kier molecular flexibility index (Phi) is 6.43. The van der Waals surface area contributed by atoms with Gasteiger partial charge in [-0.25, -0.2) is 9.36 Å². The number of carboxylic acids is 1. The van der Waals surface area contributed by atoms with E-state index in [-0.39, 0.29) is 11.4 Å². The molecule has 0 radical (unpaired) electrons. The topological polar surface area (TPSA) is 106 Å². The summed E-state index contributed by atoms with van der Waals surface area (Å²) >= 11 is 1.09. The summed E-state index contributed by atoms with van der Waals surface area (Å²) in [5.74, 6) is 3.48. The molecule has 2 aromatic heterocycles. The van der Waals surface area contributed by atoms with Gasteiger partial charge in [0, 0.05) is 24.1 Å². The second-order valence-electron chi connectivity index (χ2n) is 7.46. The van der Waals surface area contributed by atoms with Gasteiger partial charge < -0.3 is 14.6 Å². The molecule has 0 spiro atoms. The lowest BCUT2D eigenvalue weighted by atomic mass is 10.1. The first kappa shape index (κ1) is 24.7. The number of hydrogen-bond acceptors (Lipinski definition) is 7. The minimum atomic E-state index is -4.88. The fraction of sp³-hybridized carbons (Fsp3) is 0.167. The van der Waals surface area contributed by atoms with Crippen LogP contribution in [0.15, 0.2) is 58.1 Å². The van der Waals surface area contributed by atoms with Crippen molar-refractivity contribution in [2.45, 2.75) is 19.2 Å². The Hall–Kier alpha value is -4.37. The smallest absolute Gasteiger partial charge is 0.431 e. The van der Waals surface area contributed by atoms with Crippen LogP contribution in [0.5, 0.6) is 5.75 Å². The number of carboxylic acid groups (broad SMARTS) is 1. The van der Waals surface area contributed by atoms with Crippen molar-refractivity contribution < 1.29 is 27.8 Å². The fourth-order valence-electron chi connectivity index (χ4n) is 3.55. The molecular formula is C24H15F3N3O5S-. The van der Waals surface area contributed by atoms with Crippen molar-refractivity contribution in [2.24, 2.45) is 7.05 Å². The SMILES string of the molecule is CC#CC(Oc1ccccc1-c1nsc2ccc(-n3c(=O)cc(C(F)(F)F)n(C)c3=O)cc12)C(=O)[O-]. The summed E-state index contributed by atoms with van der Waals surface area (Å²) in [5, 5.41) is 11.9. The molecule has 8 nitrogen and oxygen atoms in total. The first-order valence-electron chi connectivity index (χ1n) is 10.2. The second-order valence-corrected chi connectivity index (χ2v) is 8.27. The van der Waals surface area contributed by atoms with Crippen molar-refractivity contribution in [1.82, 2.24) is 13.5 Å². The number of carbonyl (C=O) groups is 1. The summed E-state index contributed by atoms with van der Waals surface area (Å²) in [6.07, 6.45) is -6.42. The standard InChI is InChI=1S/C24H16F3N3O5S/c1-3-6-17(22(32)33)35-16-8-5-4-7-14(16)21-15-11-13(9-10-18(15)36-28-21)30-20(31)12-19(24(25,26)27)29(2)23(30)34/h4-5,7-12,17H,1-2H3,(H,32,33)/p-1. The minimum absolute atomic E-state index is 0.0335. The average Bonchev–Trinajstić information content (AvgIpc) is 3.24. The Bertz CT molecular complexity index is 1670. The Labute approximate surface area is 205 Å². The molecule has 12 heteroatoms. The monoisotopic (exact) mass is 514 g/mol. The zero-order chi connectivity index (χ0) is 26.2. The predicted octanol–water partition coefficient (Wildman–Crippen LogP) is 2.35. The number of aliphatic carboxylic acids is 1. The quantitative estimate of drug-likeness (QED) is 0.379. The van der Waals surface area contributed by atoms with E-state index in [9.17, 15) is 32.7 Å². The number of nitrogens with zero attached hydrogens (tertiary/aromatic N) is 3. The average molecular weight is 514 g/mol. The van der Waals surface area contributed by atoms with Crippen molar-refractivity contribution >= 4 is 27.6 Å². The van der Waals surface area contributed by atoms with Gasteiger partial charge in [0.1, 0.15) is 11.4 Å². The third-order valence-electron chi connectivity index (χ3n) is 5.20. The number of ether oxygens (including phenoxy) is 1. The van der Waals surface area contributed by atoms with Gasteiger partial charge in [-0.15, -0.1) is 5.92 Å². The zero-order valence-electron chi connectivity index (χ0n) is 18.6. The van der Waals surface area contributed by atoms with Gasteiger partial charge >= 0.3 is 11.9 Å². The molecule has 2 heterocycles. The zero-order valence-corrected chi connectivity index (χ0v) is 19.4. The number of rotatable bonds is 5. The Morgan fingerprint density at radius 2 is 1.89 bits per heavy atom. The van der Waals surface area contributed by atoms with E-state index in [2.05, 4.69) is 16.2 Å². The van der Waals surface area contributed by atoms with E-state index < -0.39 is 35.2 Å². The molecule has 4 rings (SSSR count). The lowest BCUT2D eigenvalue weighted by molar-refractivity contribution is -0.311. The Morgan fingerprint density at radius 1 is 1.17 bits per heavy atom. The third-order valence-corrected chi connectivity index (χ3v) is 6.03. The predicted molar refractivity (Wildman–Crippen MR) is 124 cm³/mol. The maximum absolute atomic E-state index is 13.2. The van der Waals surface area contributed by atoms with Crippen molar-refractivity contribution in [2.75, 3.05) is 0 Å². The van der Waals surface area contributed by atoms with Crippen LogP contribution in [0.25, 0.3) is 27.0 Å². The summed E-state index contributed by atoms with van der Waals surface area (Å²) in [6.45, 7) is 1.45. The highest BCUT2D eigenvalue weighted by molar-refractivity contribution is 7.13. The molecule has 2 aromatic carbocycles. The number of benzene rings is 2. The van der Waals surface area contributed by atoms with Crippen molar-refractivity contribution in [3.8, 4) is 34.5 Å². The highest BCUT2D eigenvalue weighted by Crippen LogP contribution is 2.37. The van der Waals surface area contributed by atoms with E-state index in [1.807, 2.05) is 0 Å². The molecule has 0 saturated heterocycles. The first-order chi connectivity index (χ1) is 17.0. The minimum Gasteiger partial charge on any atom is -0.545 e. The number of alkyl halides is 3. The molecule has 0 N–H and O–H groups in total. The van der Waals surface area contributed by atoms with E-state index in [0.717, 1.165) is 18.6 Å². The number of carbonyl (C=O) groups excluding carboxylic acids is 1. The van der Waals surface area contributed by atoms with E-state index in [0.29, 0.717) is 36.5 Å². The number of aromatic nitrogens is 3. The number of para-hydroxylation sites is 1. The molecule has 0 aliphatic carbocycles. The summed E-state index contributed by atoms with van der Waals surface area (Å²) < 4.78 is 51.2. The van der Waals surface area contributed by atoms with E-state index in [1.54, 1.807) is 24.3 Å². The first-order valence-corrected chi connectivity index (χ1v) is 11.0. The van der Waals surface area contributed by atoms with Crippen LogP contribution in [0.1, 0.15) is 12.6 Å². The molecule has 0 aliphatic rings. The van der Waals surface area contributed by atoms with Gasteiger partial charge in [0.05, 0.1) is 22.1 Å². The van der Waals surface area contributed by atoms with Gasteiger partial charge in [0.2, 0.25) is 0 Å². The van der Waals surface area contributed by atoms with E-state index in [1.165, 1.54) is 25.1 Å². The van der Waals surface area contributed by atoms with Gasteiger partial charge in [-0.05, 0) is 48.8 Å². The van der Waals surface area contributed by atoms with Gasteiger partial charge in [0.15, 0.2) is 6.10 Å². The normalized spacial score (nSPS) is 12.1. The van der Waals surface area contributed by atoms with Crippen molar-refractivity contribution in [3.05, 3.63) is 75.1 Å². The lowest BCUT2D eigenvalue weighted by Gasteiger charge is -2.17. The van der Waals surface area contributed by atoms with Crippen LogP contribution < -0.4 is 21.1 Å². The van der Waals surface area contributed by atoms with Crippen LogP contribution in [-0.2, 0) is 18.0 Å². The van der Waals surface area contributed by atoms with Crippen LogP contribution in [0.4, 0.5) is 13.2 Å². The molecule has 1 atom stereocenters. The number of fused-ring (bicyclic) bond motifs is 1. The Morgan fingerprint density at radius 3 is 2.56 bits per heavy atom. The van der Waals surface area contributed by atoms with Gasteiger partial charge in [0.25, 0.3) is 5.56 Å². The van der Waals surface area contributed by atoms with Crippen molar-refractivity contribution in [1.29, 1.82) is 0 Å². The third kappa shape index (κ3) is 4.48. The van der Waals surface area contributed by atoms with E-state index >= 15 is 0 Å². The van der Waals surface area contributed by atoms with Gasteiger partial charge in [-0.1, -0.05) is 18.1 Å². The largest absolute Gasteiger partial charge is 0.545 e. The van der Waals surface area contributed by atoms with Gasteiger partial charge in [-0.2, -0.15) is 17.5 Å². The molecule has 0 bridgehead atoms. The van der Waals surface area contributed by atoms with Crippen LogP contribution in [0.2, 0.25) is 0 Å². The molecule has 0 aliphatic heterocycles. The summed E-state index contributed by atoms with van der Waals surface area (Å²) in [7, 11) is 0.928. The van der Waals surface area contributed by atoms with Crippen LogP contribution in [0.3, 0.4) is 0 Å². The molecule has 0 fully saturated rings. The summed E-state index contributed by atoms with van der Waals surface area (Å²) in [4.78, 5) is 36.6. The van der Waals surface area contributed by atoms with Crippen molar-refractivity contribution in [3.63, 3.8) is 0 Å². The molecule has 36 heavy (non-hydrogen) atoms. The maximum Gasteiger partial charge on any atom is 0.431 e. The number of halogens is 3. The Balaban J connectivity index is 1.88. The van der Waals surface area contributed by atoms with Gasteiger partial charge in [-0.3, -0.25) is 9.36 Å². The van der Waals surface area contributed by atoms with Crippen LogP contribution >= 0.6 is 11.5 Å². The lowest BCUT2D eigenvalue weighted by Crippen LogP contribution is -2.40. The molecule has 1 unspecified atom stereocenters. The molecular weight excluding hydrogens is 499 g/mol. The molecule has 4 aromatic rings. The van der Waals surface area contributed by atoms with Crippen LogP contribution in [-0.4, -0.2) is 25.6 Å².